The molecule has 0 atom stereocenters. The Morgan fingerprint density at radius 1 is 1.35 bits per heavy atom. The van der Waals surface area contributed by atoms with Crippen LogP contribution >= 0.6 is 0 Å². The van der Waals surface area contributed by atoms with Crippen LogP contribution in [0.4, 0.5) is 0 Å². The summed E-state index contributed by atoms with van der Waals surface area (Å²) >= 11 is 0. The molecular formula is C13H16N2O2. The van der Waals surface area contributed by atoms with Gasteiger partial charge < -0.3 is 15.0 Å². The first-order valence-electron chi connectivity index (χ1n) is 5.48. The van der Waals surface area contributed by atoms with Crippen LogP contribution in [0.5, 0.6) is 5.75 Å². The lowest BCUT2D eigenvalue weighted by atomic mass is 10.1. The van der Waals surface area contributed by atoms with Gasteiger partial charge in [-0.3, -0.25) is 4.79 Å². The van der Waals surface area contributed by atoms with E-state index in [1.165, 1.54) is 0 Å². The van der Waals surface area contributed by atoms with Crippen molar-refractivity contribution in [1.82, 2.24) is 9.88 Å². The molecule has 0 aliphatic heterocycles. The van der Waals surface area contributed by atoms with E-state index >= 15 is 0 Å². The van der Waals surface area contributed by atoms with Crippen molar-refractivity contribution in [3.05, 3.63) is 39.7 Å². The molecular weight excluding hydrogens is 216 g/mol. The van der Waals surface area contributed by atoms with E-state index in [0.29, 0.717) is 23.0 Å². The molecule has 4 nitrogen and oxygen atoms in total. The third-order valence-electron chi connectivity index (χ3n) is 2.71. The molecule has 0 bridgehead atoms. The first-order chi connectivity index (χ1) is 7.99. The van der Waals surface area contributed by atoms with Gasteiger partial charge in [0.05, 0.1) is 11.1 Å². The highest BCUT2D eigenvalue weighted by Gasteiger charge is 2.12. The first kappa shape index (κ1) is 11.7. The number of aromatic nitrogens is 1. The highest BCUT2D eigenvalue weighted by atomic mass is 16.3. The second kappa shape index (κ2) is 4.22. The molecule has 1 aromatic carbocycles. The maximum absolute atomic E-state index is 11.8. The minimum atomic E-state index is -0.229. The summed E-state index contributed by atoms with van der Waals surface area (Å²) in [5, 5.41) is 10.9. The quantitative estimate of drug-likeness (QED) is 0.827. The number of hydrogen-bond donors (Lipinski definition) is 2. The zero-order valence-corrected chi connectivity index (χ0v) is 10.2. The normalized spacial score (nSPS) is 11.3. The van der Waals surface area contributed by atoms with Crippen molar-refractivity contribution in [3.8, 4) is 5.75 Å². The van der Waals surface area contributed by atoms with E-state index in [-0.39, 0.29) is 11.3 Å². The van der Waals surface area contributed by atoms with Crippen LogP contribution < -0.4 is 5.56 Å². The number of pyridine rings is 1. The van der Waals surface area contributed by atoms with E-state index in [2.05, 4.69) is 4.98 Å². The number of aromatic hydroxyl groups is 1. The largest absolute Gasteiger partial charge is 0.507 e. The van der Waals surface area contributed by atoms with Gasteiger partial charge in [0.2, 0.25) is 0 Å². The molecule has 0 unspecified atom stereocenters. The average molecular weight is 232 g/mol. The lowest BCUT2D eigenvalue weighted by Crippen LogP contribution is -2.20. The van der Waals surface area contributed by atoms with E-state index in [9.17, 15) is 9.90 Å². The molecule has 1 heterocycles. The lowest BCUT2D eigenvalue weighted by Gasteiger charge is -2.12. The summed E-state index contributed by atoms with van der Waals surface area (Å²) in [7, 11) is 3.72. The van der Waals surface area contributed by atoms with Crippen molar-refractivity contribution < 1.29 is 5.11 Å². The highest BCUT2D eigenvalue weighted by Crippen LogP contribution is 2.26. The molecule has 0 saturated heterocycles. The third kappa shape index (κ3) is 2.17. The maximum Gasteiger partial charge on any atom is 0.256 e. The van der Waals surface area contributed by atoms with Gasteiger partial charge in [-0.1, -0.05) is 11.6 Å². The van der Waals surface area contributed by atoms with Crippen LogP contribution in [-0.2, 0) is 6.54 Å². The maximum atomic E-state index is 11.8. The number of aromatic amines is 1. The highest BCUT2D eigenvalue weighted by molar-refractivity contribution is 5.86. The van der Waals surface area contributed by atoms with Gasteiger partial charge in [-0.15, -0.1) is 0 Å². The van der Waals surface area contributed by atoms with Crippen molar-refractivity contribution in [1.29, 1.82) is 0 Å². The van der Waals surface area contributed by atoms with E-state index < -0.39 is 0 Å². The molecule has 2 aromatic rings. The molecule has 0 radical (unpaired) electrons. The monoisotopic (exact) mass is 232 g/mol. The second-order valence-corrected chi connectivity index (χ2v) is 4.57. The Hall–Kier alpha value is -1.81. The number of nitrogens with one attached hydrogen (secondary N) is 1. The van der Waals surface area contributed by atoms with Gasteiger partial charge in [0, 0.05) is 11.9 Å². The molecule has 2 rings (SSSR count). The number of fused-ring (bicyclic) bond motifs is 1. The molecule has 17 heavy (non-hydrogen) atoms. The molecule has 0 aliphatic rings. The number of aryl methyl sites for hydroxylation is 1. The van der Waals surface area contributed by atoms with Crippen molar-refractivity contribution in [2.45, 2.75) is 13.5 Å². The number of hydrogen-bond acceptors (Lipinski definition) is 3. The Kier molecular flexibility index (Phi) is 2.90. The van der Waals surface area contributed by atoms with Gasteiger partial charge in [0.15, 0.2) is 0 Å². The van der Waals surface area contributed by atoms with Crippen LogP contribution in [-0.4, -0.2) is 29.1 Å². The van der Waals surface area contributed by atoms with Crippen LogP contribution in [0.25, 0.3) is 10.9 Å². The molecule has 0 aliphatic carbocycles. The van der Waals surface area contributed by atoms with E-state index in [1.807, 2.05) is 44.1 Å². The SMILES string of the molecule is Cc1ccc2[nH]c(=O)c(CN(C)C)c(O)c2c1. The number of nitrogens with zero attached hydrogens (tertiary/aromatic N) is 1. The predicted octanol–water partition coefficient (Wildman–Crippen LogP) is 1.60. The summed E-state index contributed by atoms with van der Waals surface area (Å²) in [6, 6.07) is 5.59. The summed E-state index contributed by atoms with van der Waals surface area (Å²) in [6.45, 7) is 2.38. The average Bonchev–Trinajstić information content (AvgIpc) is 2.25. The van der Waals surface area contributed by atoms with Gasteiger partial charge in [-0.05, 0) is 33.2 Å². The standard InChI is InChI=1S/C13H16N2O2/c1-8-4-5-11-9(6-8)12(16)10(7-15(2)3)13(17)14-11/h4-6H,7H2,1-3H3,(H2,14,16,17). The fourth-order valence-electron chi connectivity index (χ4n) is 1.89. The van der Waals surface area contributed by atoms with E-state index in [0.717, 1.165) is 5.56 Å². The number of rotatable bonds is 2. The Morgan fingerprint density at radius 3 is 2.71 bits per heavy atom. The Morgan fingerprint density at radius 2 is 2.06 bits per heavy atom. The van der Waals surface area contributed by atoms with Crippen LogP contribution in [0.3, 0.4) is 0 Å². The van der Waals surface area contributed by atoms with Crippen LogP contribution in [0, 0.1) is 6.92 Å². The van der Waals surface area contributed by atoms with Gasteiger partial charge in [-0.2, -0.15) is 0 Å². The summed E-state index contributed by atoms with van der Waals surface area (Å²) < 4.78 is 0. The molecule has 0 amide bonds. The minimum absolute atomic E-state index is 0.0844. The summed E-state index contributed by atoms with van der Waals surface area (Å²) in [6.07, 6.45) is 0. The zero-order chi connectivity index (χ0) is 12.6. The van der Waals surface area contributed by atoms with Crippen molar-refractivity contribution in [2.75, 3.05) is 14.1 Å². The van der Waals surface area contributed by atoms with Crippen LogP contribution in [0.15, 0.2) is 23.0 Å². The van der Waals surface area contributed by atoms with Gasteiger partial charge in [-0.25, -0.2) is 0 Å². The number of H-pyrrole nitrogens is 1. The molecule has 0 spiro atoms. The van der Waals surface area contributed by atoms with Crippen LogP contribution in [0.2, 0.25) is 0 Å². The second-order valence-electron chi connectivity index (χ2n) is 4.57. The topological polar surface area (TPSA) is 56.3 Å². The molecule has 2 N–H and O–H groups in total. The number of benzene rings is 1. The zero-order valence-electron chi connectivity index (χ0n) is 10.2. The fraction of sp³-hybridized carbons (Fsp3) is 0.308. The lowest BCUT2D eigenvalue weighted by molar-refractivity contribution is 0.385. The molecule has 0 fully saturated rings. The van der Waals surface area contributed by atoms with Gasteiger partial charge in [0.1, 0.15) is 5.75 Å². The van der Waals surface area contributed by atoms with Crippen molar-refractivity contribution in [2.24, 2.45) is 0 Å². The Balaban J connectivity index is 2.73. The first-order valence-corrected chi connectivity index (χ1v) is 5.48. The molecule has 0 saturated carbocycles. The van der Waals surface area contributed by atoms with Gasteiger partial charge >= 0.3 is 0 Å². The molecule has 4 heteroatoms. The Bertz CT molecular complexity index is 615. The van der Waals surface area contributed by atoms with Crippen molar-refractivity contribution >= 4 is 10.9 Å². The Labute approximate surface area is 99.5 Å². The van der Waals surface area contributed by atoms with E-state index in [1.54, 1.807) is 0 Å². The summed E-state index contributed by atoms with van der Waals surface area (Å²) in [5.41, 5.74) is 1.90. The predicted molar refractivity (Wildman–Crippen MR) is 68.4 cm³/mol. The van der Waals surface area contributed by atoms with Gasteiger partial charge in [0.25, 0.3) is 5.56 Å². The smallest absolute Gasteiger partial charge is 0.256 e. The van der Waals surface area contributed by atoms with Crippen molar-refractivity contribution in [3.63, 3.8) is 0 Å². The molecule has 90 valence electrons. The summed E-state index contributed by atoms with van der Waals surface area (Å²) in [5.74, 6) is 0.0844. The molecule has 1 aromatic heterocycles. The fourth-order valence-corrected chi connectivity index (χ4v) is 1.89. The minimum Gasteiger partial charge on any atom is -0.507 e. The van der Waals surface area contributed by atoms with Crippen LogP contribution in [0.1, 0.15) is 11.1 Å². The summed E-state index contributed by atoms with van der Waals surface area (Å²) in [4.78, 5) is 16.5. The van der Waals surface area contributed by atoms with E-state index in [4.69, 9.17) is 0 Å². The third-order valence-corrected chi connectivity index (χ3v) is 2.71.